The highest BCUT2D eigenvalue weighted by Gasteiger charge is 2.19. The average molecular weight is 555 g/mol. The van der Waals surface area contributed by atoms with Crippen LogP contribution in [-0.4, -0.2) is 29.7 Å². The number of aromatic nitrogens is 1. The Labute approximate surface area is 196 Å². The maximum atomic E-state index is 12.4. The molecule has 3 aromatic rings. The Hall–Kier alpha value is -2.86. The number of hydrogen-bond donors (Lipinski definition) is 2. The van der Waals surface area contributed by atoms with Crippen LogP contribution >= 0.6 is 34.8 Å². The van der Waals surface area contributed by atoms with Crippen LogP contribution in [0.15, 0.2) is 60.8 Å². The minimum Gasteiger partial charge on any atom is -0.480 e. The van der Waals surface area contributed by atoms with Gasteiger partial charge in [-0.1, -0.05) is 30.3 Å². The van der Waals surface area contributed by atoms with Gasteiger partial charge in [0.05, 0.1) is 21.9 Å². The summed E-state index contributed by atoms with van der Waals surface area (Å²) in [7, 11) is 1.46. The molecule has 3 rings (SSSR count). The number of nitrogens with zero attached hydrogens (tertiary/aromatic N) is 1. The van der Waals surface area contributed by atoms with Gasteiger partial charge in [-0.05, 0) is 64.6 Å². The third kappa shape index (κ3) is 5.85. The van der Waals surface area contributed by atoms with Gasteiger partial charge in [0.2, 0.25) is 5.88 Å². The lowest BCUT2D eigenvalue weighted by atomic mass is 10.0. The first-order chi connectivity index (χ1) is 14.9. The molecule has 0 aliphatic carbocycles. The van der Waals surface area contributed by atoms with Crippen LogP contribution in [0.3, 0.4) is 0 Å². The summed E-state index contributed by atoms with van der Waals surface area (Å²) in [5, 5.41) is 5.73. The second-order valence-corrected chi connectivity index (χ2v) is 7.61. The number of anilines is 1. The van der Waals surface area contributed by atoms with E-state index in [-0.39, 0.29) is 16.8 Å². The summed E-state index contributed by atoms with van der Waals surface area (Å²) < 4.78 is 35.4. The van der Waals surface area contributed by atoms with Gasteiger partial charge in [0.25, 0.3) is 5.91 Å². The summed E-state index contributed by atoms with van der Waals surface area (Å²) in [4.78, 5) is 16.6. The van der Waals surface area contributed by atoms with Crippen LogP contribution < -0.4 is 20.1 Å². The minimum atomic E-state index is -2.91. The number of benzene rings is 2. The molecule has 0 saturated heterocycles. The van der Waals surface area contributed by atoms with E-state index in [4.69, 9.17) is 17.0 Å². The number of rotatable bonds is 6. The van der Waals surface area contributed by atoms with Gasteiger partial charge in [-0.3, -0.25) is 10.1 Å². The molecule has 0 bridgehead atoms. The molecule has 160 valence electrons. The summed E-state index contributed by atoms with van der Waals surface area (Å²) in [6.45, 7) is -2.91. The van der Waals surface area contributed by atoms with Crippen molar-refractivity contribution in [2.24, 2.45) is 0 Å². The van der Waals surface area contributed by atoms with Crippen LogP contribution in [0.2, 0.25) is 0 Å². The van der Waals surface area contributed by atoms with Crippen molar-refractivity contribution >= 4 is 51.5 Å². The van der Waals surface area contributed by atoms with Gasteiger partial charge < -0.3 is 14.8 Å². The lowest BCUT2D eigenvalue weighted by molar-refractivity contribution is -0.0498. The molecule has 0 unspecified atom stereocenters. The van der Waals surface area contributed by atoms with Crippen molar-refractivity contribution in [3.05, 3.63) is 69.9 Å². The van der Waals surface area contributed by atoms with E-state index in [1.54, 1.807) is 42.6 Å². The van der Waals surface area contributed by atoms with Gasteiger partial charge in [-0.25, -0.2) is 4.98 Å². The Morgan fingerprint density at radius 3 is 2.42 bits per heavy atom. The summed E-state index contributed by atoms with van der Waals surface area (Å²) in [5.74, 6) is -0.0386. The summed E-state index contributed by atoms with van der Waals surface area (Å²) >= 11 is 7.39. The van der Waals surface area contributed by atoms with Crippen molar-refractivity contribution < 1.29 is 23.0 Å². The van der Waals surface area contributed by atoms with Crippen molar-refractivity contribution in [1.29, 1.82) is 0 Å². The Kier molecular flexibility index (Phi) is 7.69. The van der Waals surface area contributed by atoms with Crippen LogP contribution in [-0.2, 0) is 0 Å². The topological polar surface area (TPSA) is 72.5 Å². The van der Waals surface area contributed by atoms with E-state index < -0.39 is 6.61 Å². The van der Waals surface area contributed by atoms with Crippen LogP contribution in [0.5, 0.6) is 11.6 Å². The fourth-order valence-corrected chi connectivity index (χ4v) is 3.47. The zero-order valence-electron chi connectivity index (χ0n) is 16.1. The quantitative estimate of drug-likeness (QED) is 0.326. The summed E-state index contributed by atoms with van der Waals surface area (Å²) in [6.07, 6.45) is 1.58. The van der Waals surface area contributed by atoms with E-state index in [0.29, 0.717) is 31.8 Å². The molecule has 0 aliphatic rings. The van der Waals surface area contributed by atoms with Crippen LogP contribution in [0, 0.1) is 3.57 Å². The molecule has 1 heterocycles. The first-order valence-electron chi connectivity index (χ1n) is 8.84. The SMILES string of the molecule is COc1ncc(I)c(NC(=S)NC(=O)c2ccccc2)c1-c1ccc(OC(F)F)cc1. The highest BCUT2D eigenvalue weighted by molar-refractivity contribution is 14.1. The number of alkyl halides is 2. The highest BCUT2D eigenvalue weighted by Crippen LogP contribution is 2.38. The maximum absolute atomic E-state index is 12.4. The highest BCUT2D eigenvalue weighted by atomic mass is 127. The van der Waals surface area contributed by atoms with Crippen LogP contribution in [0.25, 0.3) is 11.1 Å². The lowest BCUT2D eigenvalue weighted by Gasteiger charge is -2.18. The van der Waals surface area contributed by atoms with Crippen molar-refractivity contribution in [3.63, 3.8) is 0 Å². The van der Waals surface area contributed by atoms with Crippen LogP contribution in [0.4, 0.5) is 14.5 Å². The molecule has 0 aliphatic heterocycles. The number of carbonyl (C=O) groups excluding carboxylic acids is 1. The van der Waals surface area contributed by atoms with Gasteiger partial charge >= 0.3 is 6.61 Å². The zero-order valence-corrected chi connectivity index (χ0v) is 19.0. The van der Waals surface area contributed by atoms with E-state index in [9.17, 15) is 13.6 Å². The molecule has 2 N–H and O–H groups in total. The van der Waals surface area contributed by atoms with Crippen molar-refractivity contribution in [2.45, 2.75) is 6.61 Å². The lowest BCUT2D eigenvalue weighted by Crippen LogP contribution is -2.34. The number of amides is 1. The molecule has 2 aromatic carbocycles. The number of thiocarbonyl (C=S) groups is 1. The van der Waals surface area contributed by atoms with E-state index >= 15 is 0 Å². The molecule has 0 atom stereocenters. The molecule has 31 heavy (non-hydrogen) atoms. The number of carbonyl (C=O) groups is 1. The van der Waals surface area contributed by atoms with Gasteiger partial charge in [-0.2, -0.15) is 8.78 Å². The molecule has 6 nitrogen and oxygen atoms in total. The Morgan fingerprint density at radius 2 is 1.81 bits per heavy atom. The Morgan fingerprint density at radius 1 is 1.13 bits per heavy atom. The van der Waals surface area contributed by atoms with Crippen molar-refractivity contribution in [1.82, 2.24) is 10.3 Å². The number of nitrogens with one attached hydrogen (secondary N) is 2. The molecule has 0 spiro atoms. The molecule has 0 saturated carbocycles. The zero-order chi connectivity index (χ0) is 22.4. The second-order valence-electron chi connectivity index (χ2n) is 6.04. The molecule has 0 fully saturated rings. The molecule has 10 heteroatoms. The third-order valence-corrected chi connectivity index (χ3v) is 5.08. The number of pyridine rings is 1. The summed E-state index contributed by atoms with van der Waals surface area (Å²) in [5.41, 5.74) is 2.19. The van der Waals surface area contributed by atoms with E-state index in [1.807, 2.05) is 6.07 Å². The van der Waals surface area contributed by atoms with E-state index in [1.165, 1.54) is 19.2 Å². The predicted molar refractivity (Wildman–Crippen MR) is 126 cm³/mol. The van der Waals surface area contributed by atoms with Crippen molar-refractivity contribution in [2.75, 3.05) is 12.4 Å². The standard InChI is InChI=1S/C21H16F2IN3O3S/c1-29-19-16(12-7-9-14(10-8-12)30-20(22)23)17(15(24)11-25-19)26-21(31)27-18(28)13-5-3-2-4-6-13/h2-11,20H,1H3,(H2,25,26,27,28,31). The number of ether oxygens (including phenoxy) is 2. The van der Waals surface area contributed by atoms with Gasteiger partial charge in [0, 0.05) is 11.8 Å². The average Bonchev–Trinajstić information content (AvgIpc) is 2.76. The van der Waals surface area contributed by atoms with E-state index in [2.05, 4.69) is 42.9 Å². The third-order valence-electron chi connectivity index (χ3n) is 4.06. The predicted octanol–water partition coefficient (Wildman–Crippen LogP) is 5.09. The number of halogens is 3. The van der Waals surface area contributed by atoms with E-state index in [0.717, 1.165) is 0 Å². The Balaban J connectivity index is 1.89. The summed E-state index contributed by atoms with van der Waals surface area (Å²) in [6, 6.07) is 14.7. The normalized spacial score (nSPS) is 10.5. The molecule has 1 amide bonds. The smallest absolute Gasteiger partial charge is 0.387 e. The maximum Gasteiger partial charge on any atom is 0.387 e. The van der Waals surface area contributed by atoms with Crippen molar-refractivity contribution in [3.8, 4) is 22.8 Å². The number of methoxy groups -OCH3 is 1. The fraction of sp³-hybridized carbons (Fsp3) is 0.0952. The Bertz CT molecular complexity index is 1080. The molecular weight excluding hydrogens is 539 g/mol. The molecule has 1 aromatic heterocycles. The first kappa shape index (κ1) is 22.8. The number of hydrogen-bond acceptors (Lipinski definition) is 5. The van der Waals surface area contributed by atoms with Gasteiger partial charge in [-0.15, -0.1) is 0 Å². The second kappa shape index (κ2) is 10.4. The van der Waals surface area contributed by atoms with Gasteiger partial charge in [0.1, 0.15) is 5.75 Å². The molecule has 0 radical (unpaired) electrons. The largest absolute Gasteiger partial charge is 0.480 e. The fourth-order valence-electron chi connectivity index (χ4n) is 2.73. The van der Waals surface area contributed by atoms with Gasteiger partial charge in [0.15, 0.2) is 5.11 Å². The molecular formula is C21H16F2IN3O3S. The minimum absolute atomic E-state index is 0.0245. The first-order valence-corrected chi connectivity index (χ1v) is 10.3. The monoisotopic (exact) mass is 555 g/mol. The van der Waals surface area contributed by atoms with Crippen LogP contribution in [0.1, 0.15) is 10.4 Å².